The van der Waals surface area contributed by atoms with Gasteiger partial charge >= 0.3 is 5.97 Å². The van der Waals surface area contributed by atoms with Crippen molar-refractivity contribution in [3.05, 3.63) is 0 Å². The zero-order valence-electron chi connectivity index (χ0n) is 9.87. The molecule has 94 valence electrons. The normalized spacial score (nSPS) is 12.1. The minimum Gasteiger partial charge on any atom is -0.481 e. The quantitative estimate of drug-likeness (QED) is 0.509. The van der Waals surface area contributed by atoms with Crippen LogP contribution in [0.5, 0.6) is 0 Å². The Morgan fingerprint density at radius 1 is 1.31 bits per heavy atom. The summed E-state index contributed by atoms with van der Waals surface area (Å²) in [5, 5.41) is 11.1. The van der Waals surface area contributed by atoms with Crippen LogP contribution >= 0.6 is 0 Å². The molecule has 0 aromatic rings. The van der Waals surface area contributed by atoms with Crippen LogP contribution in [0.15, 0.2) is 0 Å². The number of hydrogen-bond acceptors (Lipinski definition) is 3. The van der Waals surface area contributed by atoms with E-state index in [2.05, 4.69) is 12.2 Å². The fourth-order valence-corrected chi connectivity index (χ4v) is 1.36. The average Bonchev–Trinajstić information content (AvgIpc) is 2.22. The van der Waals surface area contributed by atoms with Gasteiger partial charge in [-0.2, -0.15) is 0 Å². The summed E-state index contributed by atoms with van der Waals surface area (Å²) in [5.74, 6) is -0.366. The number of carbonyl (C=O) groups is 2. The zero-order chi connectivity index (χ0) is 12.4. The lowest BCUT2D eigenvalue weighted by molar-refractivity contribution is -0.137. The molecular formula is C11H22N2O3. The van der Waals surface area contributed by atoms with E-state index in [1.54, 1.807) is 0 Å². The van der Waals surface area contributed by atoms with E-state index in [0.717, 1.165) is 12.8 Å². The van der Waals surface area contributed by atoms with Crippen LogP contribution in [0.1, 0.15) is 39.0 Å². The fourth-order valence-electron chi connectivity index (χ4n) is 1.36. The highest BCUT2D eigenvalue weighted by molar-refractivity contribution is 5.75. The Bertz CT molecular complexity index is 219. The van der Waals surface area contributed by atoms with Crippen molar-refractivity contribution in [3.8, 4) is 0 Å². The average molecular weight is 230 g/mol. The molecule has 0 bridgehead atoms. The molecule has 16 heavy (non-hydrogen) atoms. The number of aliphatic carboxylic acids is 1. The monoisotopic (exact) mass is 230 g/mol. The number of rotatable bonds is 9. The van der Waals surface area contributed by atoms with Crippen molar-refractivity contribution in [1.82, 2.24) is 5.32 Å². The maximum absolute atomic E-state index is 11.3. The molecule has 4 N–H and O–H groups in total. The Morgan fingerprint density at radius 3 is 2.56 bits per heavy atom. The number of hydrogen-bond donors (Lipinski definition) is 3. The predicted molar refractivity (Wildman–Crippen MR) is 61.9 cm³/mol. The molecule has 0 saturated heterocycles. The maximum atomic E-state index is 11.3. The number of nitrogens with one attached hydrogen (secondary N) is 1. The number of carbonyl (C=O) groups excluding carboxylic acids is 1. The molecule has 0 rings (SSSR count). The summed E-state index contributed by atoms with van der Waals surface area (Å²) in [7, 11) is 0. The summed E-state index contributed by atoms with van der Waals surface area (Å²) in [6.07, 6.45) is 2.85. The van der Waals surface area contributed by atoms with E-state index < -0.39 is 5.97 Å². The summed E-state index contributed by atoms with van der Waals surface area (Å²) in [4.78, 5) is 21.5. The van der Waals surface area contributed by atoms with Gasteiger partial charge in [0.05, 0.1) is 0 Å². The molecule has 5 heteroatoms. The van der Waals surface area contributed by atoms with Crippen molar-refractivity contribution >= 4 is 11.9 Å². The van der Waals surface area contributed by atoms with Crippen LogP contribution in [0.25, 0.3) is 0 Å². The Kier molecular flexibility index (Phi) is 8.52. The maximum Gasteiger partial charge on any atom is 0.303 e. The molecule has 0 aliphatic rings. The summed E-state index contributed by atoms with van der Waals surface area (Å²) in [6.45, 7) is 3.17. The highest BCUT2D eigenvalue weighted by Crippen LogP contribution is 2.08. The van der Waals surface area contributed by atoms with Crippen LogP contribution in [0.4, 0.5) is 0 Å². The van der Waals surface area contributed by atoms with E-state index >= 15 is 0 Å². The van der Waals surface area contributed by atoms with E-state index in [9.17, 15) is 9.59 Å². The topological polar surface area (TPSA) is 92.4 Å². The fraction of sp³-hybridized carbons (Fsp3) is 0.818. The first kappa shape index (κ1) is 14.9. The van der Waals surface area contributed by atoms with Crippen molar-refractivity contribution < 1.29 is 14.7 Å². The molecule has 1 amide bonds. The zero-order valence-corrected chi connectivity index (χ0v) is 9.87. The molecular weight excluding hydrogens is 208 g/mol. The third-order valence-electron chi connectivity index (χ3n) is 2.41. The van der Waals surface area contributed by atoms with Crippen LogP contribution in [-0.4, -0.2) is 30.1 Å². The third-order valence-corrected chi connectivity index (χ3v) is 2.41. The number of carboxylic acids is 1. The van der Waals surface area contributed by atoms with Gasteiger partial charge in [0, 0.05) is 19.4 Å². The van der Waals surface area contributed by atoms with Gasteiger partial charge in [-0.25, -0.2) is 0 Å². The Hall–Kier alpha value is -1.10. The van der Waals surface area contributed by atoms with E-state index in [1.165, 1.54) is 0 Å². The third kappa shape index (κ3) is 9.45. The minimum atomic E-state index is -0.828. The molecule has 0 radical (unpaired) electrons. The lowest BCUT2D eigenvalue weighted by Gasteiger charge is -2.09. The van der Waals surface area contributed by atoms with Gasteiger partial charge in [-0.05, 0) is 31.7 Å². The van der Waals surface area contributed by atoms with Gasteiger partial charge in [0.25, 0.3) is 0 Å². The smallest absolute Gasteiger partial charge is 0.303 e. The predicted octanol–water partition coefficient (Wildman–Crippen LogP) is 0.733. The summed E-state index contributed by atoms with van der Waals surface area (Å²) >= 11 is 0. The lowest BCUT2D eigenvalue weighted by atomic mass is 10.0. The Morgan fingerprint density at radius 2 is 2.00 bits per heavy atom. The Balaban J connectivity index is 3.41. The van der Waals surface area contributed by atoms with Crippen LogP contribution < -0.4 is 11.1 Å². The van der Waals surface area contributed by atoms with Gasteiger partial charge in [0.2, 0.25) is 5.91 Å². The first-order chi connectivity index (χ1) is 7.56. The van der Waals surface area contributed by atoms with Gasteiger partial charge in [0.15, 0.2) is 0 Å². The first-order valence-electron chi connectivity index (χ1n) is 5.74. The minimum absolute atomic E-state index is 0.00531. The molecule has 0 aliphatic carbocycles. The standard InChI is InChI=1S/C11H22N2O3/c1-9(6-7-12)4-5-10(14)13-8-2-3-11(15)16/h9H,2-8,12H2,1H3,(H,13,14)(H,15,16). The molecule has 5 nitrogen and oxygen atoms in total. The molecule has 0 aromatic heterocycles. The van der Waals surface area contributed by atoms with Crippen molar-refractivity contribution in [1.29, 1.82) is 0 Å². The molecule has 0 heterocycles. The molecule has 1 atom stereocenters. The molecule has 0 fully saturated rings. The molecule has 1 unspecified atom stereocenters. The highest BCUT2D eigenvalue weighted by atomic mass is 16.4. The van der Waals surface area contributed by atoms with Gasteiger partial charge in [-0.3, -0.25) is 9.59 Å². The second kappa shape index (κ2) is 9.15. The van der Waals surface area contributed by atoms with Crippen molar-refractivity contribution in [2.75, 3.05) is 13.1 Å². The van der Waals surface area contributed by atoms with Crippen LogP contribution in [0.2, 0.25) is 0 Å². The second-order valence-corrected chi connectivity index (χ2v) is 4.07. The van der Waals surface area contributed by atoms with E-state index in [0.29, 0.717) is 31.8 Å². The number of amides is 1. The van der Waals surface area contributed by atoms with Gasteiger partial charge in [0.1, 0.15) is 0 Å². The summed E-state index contributed by atoms with van der Waals surface area (Å²) in [5.41, 5.74) is 5.41. The van der Waals surface area contributed by atoms with Crippen molar-refractivity contribution in [2.45, 2.75) is 39.0 Å². The van der Waals surface area contributed by atoms with Crippen LogP contribution in [0.3, 0.4) is 0 Å². The van der Waals surface area contributed by atoms with E-state index in [-0.39, 0.29) is 12.3 Å². The van der Waals surface area contributed by atoms with E-state index in [4.69, 9.17) is 10.8 Å². The molecule has 0 aliphatic heterocycles. The van der Waals surface area contributed by atoms with Crippen LogP contribution in [-0.2, 0) is 9.59 Å². The van der Waals surface area contributed by atoms with Crippen LogP contribution in [0, 0.1) is 5.92 Å². The molecule has 0 spiro atoms. The van der Waals surface area contributed by atoms with Gasteiger partial charge in [-0.1, -0.05) is 6.92 Å². The van der Waals surface area contributed by atoms with E-state index in [1.807, 2.05) is 0 Å². The summed E-state index contributed by atoms with van der Waals surface area (Å²) in [6, 6.07) is 0. The highest BCUT2D eigenvalue weighted by Gasteiger charge is 2.05. The Labute approximate surface area is 96.4 Å². The largest absolute Gasteiger partial charge is 0.481 e. The lowest BCUT2D eigenvalue weighted by Crippen LogP contribution is -2.25. The van der Waals surface area contributed by atoms with Gasteiger partial charge < -0.3 is 16.2 Å². The summed E-state index contributed by atoms with van der Waals surface area (Å²) < 4.78 is 0. The number of carboxylic acid groups (broad SMARTS) is 1. The molecule has 0 aromatic carbocycles. The SMILES string of the molecule is CC(CCN)CCC(=O)NCCCC(=O)O. The first-order valence-corrected chi connectivity index (χ1v) is 5.74. The van der Waals surface area contributed by atoms with Crippen molar-refractivity contribution in [3.63, 3.8) is 0 Å². The molecule has 0 saturated carbocycles. The van der Waals surface area contributed by atoms with Crippen molar-refractivity contribution in [2.24, 2.45) is 11.7 Å². The second-order valence-electron chi connectivity index (χ2n) is 4.07. The number of nitrogens with two attached hydrogens (primary N) is 1. The van der Waals surface area contributed by atoms with Gasteiger partial charge in [-0.15, -0.1) is 0 Å².